The van der Waals surface area contributed by atoms with Crippen molar-refractivity contribution >= 4 is 49.4 Å². The van der Waals surface area contributed by atoms with Crippen LogP contribution in [0.25, 0.3) is 76.8 Å². The van der Waals surface area contributed by atoms with E-state index in [1.807, 2.05) is 0 Å². The van der Waals surface area contributed by atoms with E-state index in [4.69, 9.17) is 4.74 Å². The Bertz CT molecular complexity index is 3120. The number of para-hydroxylation sites is 1. The molecule has 0 saturated heterocycles. The first-order valence-corrected chi connectivity index (χ1v) is 19.6. The van der Waals surface area contributed by atoms with Crippen LogP contribution in [0.5, 0.6) is 5.75 Å². The number of hydrogen-bond donors (Lipinski definition) is 0. The van der Waals surface area contributed by atoms with Crippen molar-refractivity contribution in [3.05, 3.63) is 218 Å². The molecule has 0 fully saturated rings. The van der Waals surface area contributed by atoms with Crippen LogP contribution in [0, 0.1) is 0 Å². The molecule has 0 amide bonds. The molecule has 0 atom stereocenters. The van der Waals surface area contributed by atoms with E-state index >= 15 is 0 Å². The Morgan fingerprint density at radius 2 is 0.877 bits per heavy atom. The van der Waals surface area contributed by atoms with Crippen LogP contribution in [0.4, 0.5) is 17.1 Å². The molecule has 0 unspecified atom stereocenters. The molecular formula is C55H37NO. The molecule has 10 aromatic carbocycles. The number of ether oxygens (including phenoxy) is 1. The maximum Gasteiger partial charge on any atom is 0.135 e. The van der Waals surface area contributed by atoms with Crippen LogP contribution in [0.3, 0.4) is 0 Å². The van der Waals surface area contributed by atoms with E-state index in [-0.39, 0.29) is 0 Å². The highest BCUT2D eigenvalue weighted by molar-refractivity contribution is 6.12. The molecule has 268 valence electrons. The summed E-state index contributed by atoms with van der Waals surface area (Å²) < 4.78 is 6.78. The monoisotopic (exact) mass is 727 g/mol. The largest absolute Gasteiger partial charge is 0.488 e. The lowest BCUT2D eigenvalue weighted by atomic mass is 9.85. The van der Waals surface area contributed by atoms with Crippen LogP contribution in [0.2, 0.25) is 0 Å². The van der Waals surface area contributed by atoms with Gasteiger partial charge in [-0.3, -0.25) is 0 Å². The smallest absolute Gasteiger partial charge is 0.135 e. The second-order valence-corrected chi connectivity index (χ2v) is 14.8. The third-order valence-electron chi connectivity index (χ3n) is 11.5. The molecule has 0 bridgehead atoms. The van der Waals surface area contributed by atoms with Gasteiger partial charge in [0.2, 0.25) is 0 Å². The molecule has 0 N–H and O–H groups in total. The molecule has 2 heteroatoms. The summed E-state index contributed by atoms with van der Waals surface area (Å²) in [6.07, 6.45) is 0. The minimum absolute atomic E-state index is 0.513. The Kier molecular flexibility index (Phi) is 7.93. The molecule has 2 nitrogen and oxygen atoms in total. The molecule has 11 rings (SSSR count). The second-order valence-electron chi connectivity index (χ2n) is 14.8. The average Bonchev–Trinajstić information content (AvgIpc) is 3.29. The Hall–Kier alpha value is -7.42. The van der Waals surface area contributed by atoms with Crippen molar-refractivity contribution in [3.8, 4) is 50.3 Å². The van der Waals surface area contributed by atoms with Gasteiger partial charge in [0.1, 0.15) is 12.4 Å². The van der Waals surface area contributed by atoms with Crippen LogP contribution in [-0.4, -0.2) is 0 Å². The zero-order valence-electron chi connectivity index (χ0n) is 31.3. The molecule has 0 aliphatic carbocycles. The zero-order chi connectivity index (χ0) is 37.7. The van der Waals surface area contributed by atoms with Gasteiger partial charge >= 0.3 is 0 Å². The highest BCUT2D eigenvalue weighted by Gasteiger charge is 2.28. The normalized spacial score (nSPS) is 11.9. The fraction of sp³-hybridized carbons (Fsp3) is 0.0182. The van der Waals surface area contributed by atoms with Crippen molar-refractivity contribution in [2.75, 3.05) is 4.90 Å². The van der Waals surface area contributed by atoms with E-state index in [1.165, 1.54) is 54.9 Å². The number of hydrogen-bond acceptors (Lipinski definition) is 2. The van der Waals surface area contributed by atoms with E-state index in [0.717, 1.165) is 50.3 Å². The molecule has 1 aliphatic rings. The van der Waals surface area contributed by atoms with Crippen LogP contribution in [0.15, 0.2) is 212 Å². The van der Waals surface area contributed by atoms with Gasteiger partial charge in [-0.1, -0.05) is 194 Å². The summed E-state index contributed by atoms with van der Waals surface area (Å²) in [7, 11) is 0. The summed E-state index contributed by atoms with van der Waals surface area (Å²) >= 11 is 0. The van der Waals surface area contributed by atoms with Gasteiger partial charge in [-0.2, -0.15) is 0 Å². The van der Waals surface area contributed by atoms with E-state index in [9.17, 15) is 0 Å². The van der Waals surface area contributed by atoms with Crippen LogP contribution in [0.1, 0.15) is 5.56 Å². The maximum absolute atomic E-state index is 6.78. The minimum Gasteiger partial charge on any atom is -0.488 e. The summed E-state index contributed by atoms with van der Waals surface area (Å²) in [5.74, 6) is 0.928. The lowest BCUT2D eigenvalue weighted by Gasteiger charge is -2.32. The standard InChI is InChI=1S/C55H37NO/c1-2-15-37(16-3-1)38-31-33-41(34-32-38)45-24-10-11-29-51(45)56(52-30-14-20-40-18-5-7-23-44(40)52)53-35-50-54-42(36-57-55(50)49-26-9-8-25-47(49)53)21-13-28-48(54)46-27-12-19-39-17-4-6-22-43(39)46/h1-35H,36H2. The third kappa shape index (κ3) is 5.57. The quantitative estimate of drug-likeness (QED) is 0.169. The average molecular weight is 728 g/mol. The van der Waals surface area contributed by atoms with Gasteiger partial charge in [-0.05, 0) is 73.3 Å². The van der Waals surface area contributed by atoms with Crippen molar-refractivity contribution in [3.63, 3.8) is 0 Å². The highest BCUT2D eigenvalue weighted by atomic mass is 16.5. The Morgan fingerprint density at radius 1 is 0.333 bits per heavy atom. The number of benzene rings is 10. The van der Waals surface area contributed by atoms with E-state index in [2.05, 4.69) is 217 Å². The van der Waals surface area contributed by atoms with Crippen molar-refractivity contribution in [1.29, 1.82) is 0 Å². The van der Waals surface area contributed by atoms with Crippen molar-refractivity contribution in [2.45, 2.75) is 6.61 Å². The van der Waals surface area contributed by atoms with Crippen molar-refractivity contribution in [1.82, 2.24) is 0 Å². The van der Waals surface area contributed by atoms with Crippen LogP contribution in [-0.2, 0) is 6.61 Å². The van der Waals surface area contributed by atoms with Gasteiger partial charge in [-0.25, -0.2) is 0 Å². The first-order valence-electron chi connectivity index (χ1n) is 19.6. The summed E-state index contributed by atoms with van der Waals surface area (Å²) in [4.78, 5) is 2.49. The van der Waals surface area contributed by atoms with E-state index in [0.29, 0.717) is 6.61 Å². The van der Waals surface area contributed by atoms with Crippen LogP contribution >= 0.6 is 0 Å². The molecule has 1 heterocycles. The number of anilines is 3. The molecular weight excluding hydrogens is 691 g/mol. The lowest BCUT2D eigenvalue weighted by Crippen LogP contribution is -2.14. The summed E-state index contributed by atoms with van der Waals surface area (Å²) in [6, 6.07) is 76.9. The van der Waals surface area contributed by atoms with Gasteiger partial charge in [0.15, 0.2) is 0 Å². The van der Waals surface area contributed by atoms with E-state index in [1.54, 1.807) is 0 Å². The first-order chi connectivity index (χ1) is 28.3. The van der Waals surface area contributed by atoms with Gasteiger partial charge < -0.3 is 9.64 Å². The maximum atomic E-state index is 6.78. The van der Waals surface area contributed by atoms with Gasteiger partial charge in [0, 0.05) is 27.3 Å². The van der Waals surface area contributed by atoms with Crippen molar-refractivity contribution in [2.24, 2.45) is 0 Å². The fourth-order valence-corrected chi connectivity index (χ4v) is 8.91. The zero-order valence-corrected chi connectivity index (χ0v) is 31.3. The van der Waals surface area contributed by atoms with E-state index < -0.39 is 0 Å². The molecule has 0 radical (unpaired) electrons. The predicted molar refractivity (Wildman–Crippen MR) is 240 cm³/mol. The molecule has 10 aromatic rings. The molecule has 0 aromatic heterocycles. The number of rotatable bonds is 6. The predicted octanol–water partition coefficient (Wildman–Crippen LogP) is 15.2. The summed E-state index contributed by atoms with van der Waals surface area (Å²) in [5, 5.41) is 7.08. The number of nitrogens with zero attached hydrogens (tertiary/aromatic N) is 1. The topological polar surface area (TPSA) is 12.5 Å². The fourth-order valence-electron chi connectivity index (χ4n) is 8.91. The van der Waals surface area contributed by atoms with Gasteiger partial charge in [0.05, 0.1) is 17.1 Å². The van der Waals surface area contributed by atoms with Gasteiger partial charge in [0.25, 0.3) is 0 Å². The molecule has 1 aliphatic heterocycles. The Balaban J connectivity index is 1.19. The molecule has 0 spiro atoms. The second kappa shape index (κ2) is 13.7. The van der Waals surface area contributed by atoms with Gasteiger partial charge in [-0.15, -0.1) is 0 Å². The summed E-state index contributed by atoms with van der Waals surface area (Å²) in [6.45, 7) is 0.513. The Labute approximate surface area is 332 Å². The summed E-state index contributed by atoms with van der Waals surface area (Å²) in [5.41, 5.74) is 14.0. The molecule has 57 heavy (non-hydrogen) atoms. The third-order valence-corrected chi connectivity index (χ3v) is 11.5. The lowest BCUT2D eigenvalue weighted by molar-refractivity contribution is 0.306. The van der Waals surface area contributed by atoms with Crippen molar-refractivity contribution < 1.29 is 4.74 Å². The molecule has 0 saturated carbocycles. The number of fused-ring (bicyclic) bond motifs is 7. The highest BCUT2D eigenvalue weighted by Crippen LogP contribution is 2.53. The van der Waals surface area contributed by atoms with Crippen LogP contribution < -0.4 is 9.64 Å². The minimum atomic E-state index is 0.513. The first kappa shape index (κ1) is 33.0. The SMILES string of the molecule is c1ccc(-c2ccc(-c3ccccc3N(c3cccc4ccccc34)c3cc4c(c5ccccc35)OCc3cccc(-c5cccc6ccccc56)c3-4)cc2)cc1. The Morgan fingerprint density at radius 3 is 1.70 bits per heavy atom.